The molecule has 5 rings (SSSR count). The number of rotatable bonds is 3. The molecule has 1 aliphatic carbocycles. The summed E-state index contributed by atoms with van der Waals surface area (Å²) in [5, 5.41) is 4.53. The summed E-state index contributed by atoms with van der Waals surface area (Å²) in [6.07, 6.45) is 12.6. The van der Waals surface area contributed by atoms with Crippen molar-refractivity contribution in [3.8, 4) is 5.75 Å². The van der Waals surface area contributed by atoms with Crippen molar-refractivity contribution >= 4 is 6.08 Å². The van der Waals surface area contributed by atoms with E-state index in [2.05, 4.69) is 64.3 Å². The van der Waals surface area contributed by atoms with Crippen LogP contribution in [0.25, 0.3) is 6.08 Å². The molecule has 2 aliphatic heterocycles. The van der Waals surface area contributed by atoms with Crippen molar-refractivity contribution in [2.24, 2.45) is 7.05 Å². The molecule has 3 heterocycles. The molecule has 1 saturated heterocycles. The van der Waals surface area contributed by atoms with Crippen LogP contribution in [-0.4, -0.2) is 33.4 Å². The van der Waals surface area contributed by atoms with Gasteiger partial charge in [0.1, 0.15) is 11.4 Å². The molecule has 1 saturated carbocycles. The standard InChI is InChI=1S/C22H27N3O/c1-24-21(18-7-8-18)19(15-23-24)16-25-13-4-10-22(12-14-25)11-9-17-5-2-3-6-20(17)26-22/h2-3,5-6,9,11,15,18H,4,7-8,10,12-14,16H2,1H3/t22-/m0/s1. The Hall–Kier alpha value is -2.07. The van der Waals surface area contributed by atoms with Crippen molar-refractivity contribution in [3.63, 3.8) is 0 Å². The fourth-order valence-electron chi connectivity index (χ4n) is 4.56. The Balaban J connectivity index is 1.30. The van der Waals surface area contributed by atoms with Crippen LogP contribution in [-0.2, 0) is 13.6 Å². The monoisotopic (exact) mass is 349 g/mol. The summed E-state index contributed by atoms with van der Waals surface area (Å²) in [5.74, 6) is 1.78. The average molecular weight is 349 g/mol. The minimum Gasteiger partial charge on any atom is -0.483 e. The third-order valence-corrected chi connectivity index (χ3v) is 6.15. The maximum Gasteiger partial charge on any atom is 0.129 e. The maximum atomic E-state index is 6.49. The van der Waals surface area contributed by atoms with E-state index in [9.17, 15) is 0 Å². The second-order valence-corrected chi connectivity index (χ2v) is 8.12. The second kappa shape index (κ2) is 6.27. The van der Waals surface area contributed by atoms with Crippen molar-refractivity contribution in [3.05, 3.63) is 53.4 Å². The molecule has 0 amide bonds. The van der Waals surface area contributed by atoms with E-state index in [4.69, 9.17) is 4.74 Å². The van der Waals surface area contributed by atoms with Gasteiger partial charge in [0.05, 0.1) is 6.20 Å². The fourth-order valence-corrected chi connectivity index (χ4v) is 4.56. The van der Waals surface area contributed by atoms with E-state index in [0.717, 1.165) is 44.1 Å². The molecule has 1 atom stereocenters. The molecular weight excluding hydrogens is 322 g/mol. The van der Waals surface area contributed by atoms with E-state index in [1.165, 1.54) is 36.1 Å². The molecule has 1 spiro atoms. The van der Waals surface area contributed by atoms with Crippen molar-refractivity contribution < 1.29 is 4.74 Å². The SMILES string of the molecule is Cn1ncc(CN2CCC[C@]3(C=Cc4ccccc4O3)CC2)c1C1CC1. The van der Waals surface area contributed by atoms with Gasteiger partial charge in [-0.25, -0.2) is 0 Å². The minimum atomic E-state index is -0.128. The van der Waals surface area contributed by atoms with Gasteiger partial charge >= 0.3 is 0 Å². The molecule has 26 heavy (non-hydrogen) atoms. The first kappa shape index (κ1) is 16.1. The molecule has 2 fully saturated rings. The number of benzene rings is 1. The smallest absolute Gasteiger partial charge is 0.129 e. The molecule has 2 aromatic rings. The summed E-state index contributed by atoms with van der Waals surface area (Å²) in [4.78, 5) is 2.59. The molecule has 0 N–H and O–H groups in total. The Morgan fingerprint density at radius 2 is 2.08 bits per heavy atom. The lowest BCUT2D eigenvalue weighted by atomic mass is 9.91. The fraction of sp³-hybridized carbons (Fsp3) is 0.500. The maximum absolute atomic E-state index is 6.49. The number of aromatic nitrogens is 2. The van der Waals surface area contributed by atoms with Crippen LogP contribution in [0.15, 0.2) is 36.5 Å². The Morgan fingerprint density at radius 1 is 1.19 bits per heavy atom. The Kier molecular flexibility index (Phi) is 3.89. The average Bonchev–Trinajstić information content (AvgIpc) is 3.45. The normalized spacial score (nSPS) is 25.7. The van der Waals surface area contributed by atoms with Gasteiger partial charge in [0, 0.05) is 49.3 Å². The van der Waals surface area contributed by atoms with Crippen LogP contribution in [0.4, 0.5) is 0 Å². The van der Waals surface area contributed by atoms with Gasteiger partial charge in [0.25, 0.3) is 0 Å². The Bertz CT molecular complexity index is 836. The van der Waals surface area contributed by atoms with Crippen molar-refractivity contribution in [1.29, 1.82) is 0 Å². The van der Waals surface area contributed by atoms with Crippen LogP contribution in [0, 0.1) is 0 Å². The molecular formula is C22H27N3O. The van der Waals surface area contributed by atoms with Crippen LogP contribution in [0.5, 0.6) is 5.75 Å². The summed E-state index contributed by atoms with van der Waals surface area (Å²) in [5.41, 5.74) is 3.96. The second-order valence-electron chi connectivity index (χ2n) is 8.12. The number of aryl methyl sites for hydroxylation is 1. The molecule has 136 valence electrons. The highest BCUT2D eigenvalue weighted by molar-refractivity contribution is 5.60. The minimum absolute atomic E-state index is 0.128. The zero-order chi connectivity index (χ0) is 17.6. The van der Waals surface area contributed by atoms with Gasteiger partial charge in [-0.05, 0) is 44.4 Å². The summed E-state index contributed by atoms with van der Waals surface area (Å²) >= 11 is 0. The first-order chi connectivity index (χ1) is 12.7. The molecule has 0 unspecified atom stereocenters. The Labute approximate surface area is 155 Å². The zero-order valence-electron chi connectivity index (χ0n) is 15.5. The number of fused-ring (bicyclic) bond motifs is 1. The lowest BCUT2D eigenvalue weighted by Crippen LogP contribution is -2.36. The van der Waals surface area contributed by atoms with Crippen molar-refractivity contribution in [2.45, 2.75) is 50.2 Å². The van der Waals surface area contributed by atoms with Crippen LogP contribution in [0.2, 0.25) is 0 Å². The molecule has 0 bridgehead atoms. The quantitative estimate of drug-likeness (QED) is 0.835. The molecule has 4 heteroatoms. The van der Waals surface area contributed by atoms with Crippen molar-refractivity contribution in [1.82, 2.24) is 14.7 Å². The highest BCUT2D eigenvalue weighted by Crippen LogP contribution is 2.42. The predicted octanol–water partition coefficient (Wildman–Crippen LogP) is 4.13. The Morgan fingerprint density at radius 3 is 2.96 bits per heavy atom. The number of ether oxygens (including phenoxy) is 1. The topological polar surface area (TPSA) is 30.3 Å². The van der Waals surface area contributed by atoms with Gasteiger partial charge in [-0.3, -0.25) is 9.58 Å². The van der Waals surface area contributed by atoms with Crippen LogP contribution in [0.3, 0.4) is 0 Å². The van der Waals surface area contributed by atoms with Gasteiger partial charge in [-0.15, -0.1) is 0 Å². The summed E-state index contributed by atoms with van der Waals surface area (Å²) in [7, 11) is 2.09. The number of likely N-dealkylation sites (tertiary alicyclic amines) is 1. The highest BCUT2D eigenvalue weighted by atomic mass is 16.5. The van der Waals surface area contributed by atoms with E-state index < -0.39 is 0 Å². The third-order valence-electron chi connectivity index (χ3n) is 6.15. The van der Waals surface area contributed by atoms with E-state index in [1.54, 1.807) is 0 Å². The molecule has 3 aliphatic rings. The van der Waals surface area contributed by atoms with Gasteiger partial charge < -0.3 is 4.74 Å². The summed E-state index contributed by atoms with van der Waals surface area (Å²) < 4.78 is 8.58. The summed E-state index contributed by atoms with van der Waals surface area (Å²) in [6.45, 7) is 3.24. The highest BCUT2D eigenvalue weighted by Gasteiger charge is 2.35. The predicted molar refractivity (Wildman–Crippen MR) is 103 cm³/mol. The first-order valence-corrected chi connectivity index (χ1v) is 9.93. The van der Waals surface area contributed by atoms with Gasteiger partial charge in [0.15, 0.2) is 0 Å². The third kappa shape index (κ3) is 2.96. The summed E-state index contributed by atoms with van der Waals surface area (Å²) in [6, 6.07) is 8.37. The van der Waals surface area contributed by atoms with Crippen LogP contribution in [0.1, 0.15) is 54.8 Å². The lowest BCUT2D eigenvalue weighted by Gasteiger charge is -2.34. The van der Waals surface area contributed by atoms with E-state index in [0.29, 0.717) is 0 Å². The van der Waals surface area contributed by atoms with Gasteiger partial charge in [0.2, 0.25) is 0 Å². The first-order valence-electron chi connectivity index (χ1n) is 9.93. The van der Waals surface area contributed by atoms with Gasteiger partial charge in [-0.2, -0.15) is 5.10 Å². The van der Waals surface area contributed by atoms with Crippen LogP contribution < -0.4 is 4.74 Å². The van der Waals surface area contributed by atoms with Crippen LogP contribution >= 0.6 is 0 Å². The van der Waals surface area contributed by atoms with E-state index >= 15 is 0 Å². The number of hydrogen-bond donors (Lipinski definition) is 0. The van der Waals surface area contributed by atoms with E-state index in [-0.39, 0.29) is 5.60 Å². The van der Waals surface area contributed by atoms with E-state index in [1.807, 2.05) is 0 Å². The molecule has 0 radical (unpaired) electrons. The largest absolute Gasteiger partial charge is 0.483 e. The molecule has 1 aromatic carbocycles. The number of nitrogens with zero attached hydrogens (tertiary/aromatic N) is 3. The van der Waals surface area contributed by atoms with Gasteiger partial charge in [-0.1, -0.05) is 24.3 Å². The zero-order valence-corrected chi connectivity index (χ0v) is 15.5. The molecule has 1 aromatic heterocycles. The molecule has 4 nitrogen and oxygen atoms in total. The number of para-hydroxylation sites is 1. The van der Waals surface area contributed by atoms with Crippen molar-refractivity contribution in [2.75, 3.05) is 13.1 Å². The lowest BCUT2D eigenvalue weighted by molar-refractivity contribution is 0.0990. The number of hydrogen-bond acceptors (Lipinski definition) is 3.